The van der Waals surface area contributed by atoms with Crippen molar-refractivity contribution in [3.63, 3.8) is 0 Å². The minimum Gasteiger partial charge on any atom is -0.317 e. The summed E-state index contributed by atoms with van der Waals surface area (Å²) in [5.74, 6) is -0.0388. The number of hydrogen-bond donors (Lipinski definition) is 2. The van der Waals surface area contributed by atoms with Crippen LogP contribution < -0.4 is 11.2 Å². The highest BCUT2D eigenvalue weighted by molar-refractivity contribution is 5.85. The molecule has 1 heterocycles. The Kier molecular flexibility index (Phi) is 4.95. The summed E-state index contributed by atoms with van der Waals surface area (Å²) in [5.41, 5.74) is 8.41. The second-order valence-electron chi connectivity index (χ2n) is 5.34. The van der Waals surface area contributed by atoms with Gasteiger partial charge >= 0.3 is 0 Å². The van der Waals surface area contributed by atoms with E-state index in [0.717, 1.165) is 12.8 Å². The van der Waals surface area contributed by atoms with Gasteiger partial charge < -0.3 is 5.73 Å². The largest absolute Gasteiger partial charge is 0.317 e. The third kappa shape index (κ3) is 3.19. The highest BCUT2D eigenvalue weighted by Crippen LogP contribution is 2.21. The van der Waals surface area contributed by atoms with Crippen molar-refractivity contribution in [2.45, 2.75) is 77.4 Å². The molecule has 1 amide bonds. The fraction of sp³-hybridized carbons (Fsp3) is 0.923. The normalized spacial score (nSPS) is 26.9. The molecule has 2 unspecified atom stereocenters. The number of amides is 1. The van der Waals surface area contributed by atoms with Gasteiger partial charge in [0, 0.05) is 12.1 Å². The van der Waals surface area contributed by atoms with Gasteiger partial charge in [-0.3, -0.25) is 10.2 Å². The van der Waals surface area contributed by atoms with E-state index in [1.165, 1.54) is 6.42 Å². The minimum absolute atomic E-state index is 0.0388. The average Bonchev–Trinajstić information content (AvgIpc) is 2.32. The maximum absolute atomic E-state index is 12.2. The lowest BCUT2D eigenvalue weighted by Gasteiger charge is -2.40. The number of nitrogens with two attached hydrogens (primary N) is 1. The Morgan fingerprint density at radius 2 is 1.76 bits per heavy atom. The Labute approximate surface area is 105 Å². The molecule has 0 radical (unpaired) electrons. The van der Waals surface area contributed by atoms with E-state index in [4.69, 9.17) is 5.73 Å². The molecule has 1 rings (SSSR count). The van der Waals surface area contributed by atoms with Crippen molar-refractivity contribution in [1.82, 2.24) is 10.4 Å². The second kappa shape index (κ2) is 5.83. The molecule has 17 heavy (non-hydrogen) atoms. The van der Waals surface area contributed by atoms with Crippen LogP contribution in [0.1, 0.15) is 59.8 Å². The number of rotatable bonds is 4. The van der Waals surface area contributed by atoms with E-state index >= 15 is 0 Å². The monoisotopic (exact) mass is 241 g/mol. The van der Waals surface area contributed by atoms with Crippen LogP contribution in [-0.2, 0) is 4.79 Å². The molecule has 0 spiro atoms. The number of carbonyl (C=O) groups excluding carboxylic acids is 1. The Hall–Kier alpha value is -0.610. The summed E-state index contributed by atoms with van der Waals surface area (Å²) in [6, 6.07) is 0.807. The molecule has 4 nitrogen and oxygen atoms in total. The van der Waals surface area contributed by atoms with Crippen LogP contribution in [0.25, 0.3) is 0 Å². The van der Waals surface area contributed by atoms with Gasteiger partial charge in [0.1, 0.15) is 0 Å². The maximum Gasteiger partial charge on any atom is 0.254 e. The van der Waals surface area contributed by atoms with Crippen molar-refractivity contribution >= 4 is 5.91 Å². The zero-order valence-corrected chi connectivity index (χ0v) is 11.6. The molecule has 2 atom stereocenters. The Balaban J connectivity index is 2.66. The number of nitrogens with zero attached hydrogens (tertiary/aromatic N) is 1. The number of hydrogen-bond acceptors (Lipinski definition) is 3. The first-order valence-electron chi connectivity index (χ1n) is 6.83. The van der Waals surface area contributed by atoms with E-state index in [9.17, 15) is 4.79 Å². The summed E-state index contributed by atoms with van der Waals surface area (Å²) < 4.78 is 0. The first kappa shape index (κ1) is 14.5. The fourth-order valence-corrected chi connectivity index (χ4v) is 2.44. The summed E-state index contributed by atoms with van der Waals surface area (Å²) in [6.45, 7) is 8.25. The highest BCUT2D eigenvalue weighted by Gasteiger charge is 2.34. The summed E-state index contributed by atoms with van der Waals surface area (Å²) in [4.78, 5) is 12.2. The van der Waals surface area contributed by atoms with E-state index < -0.39 is 5.54 Å². The summed E-state index contributed by atoms with van der Waals surface area (Å²) in [6.07, 6.45) is 4.86. The molecule has 0 saturated carbocycles. The van der Waals surface area contributed by atoms with E-state index in [2.05, 4.69) is 24.3 Å². The summed E-state index contributed by atoms with van der Waals surface area (Å²) >= 11 is 0. The first-order chi connectivity index (χ1) is 7.94. The molecule has 0 aliphatic carbocycles. The van der Waals surface area contributed by atoms with Gasteiger partial charge in [-0.1, -0.05) is 20.3 Å². The molecule has 100 valence electrons. The predicted molar refractivity (Wildman–Crippen MR) is 70.3 cm³/mol. The molecule has 0 aromatic carbocycles. The van der Waals surface area contributed by atoms with Gasteiger partial charge in [-0.15, -0.1) is 0 Å². The van der Waals surface area contributed by atoms with Crippen LogP contribution in [0.15, 0.2) is 0 Å². The molecule has 1 saturated heterocycles. The SMILES string of the molecule is CCC(N)(CC)C(=O)NN1C(C)CCCC1C. The highest BCUT2D eigenvalue weighted by atomic mass is 16.2. The lowest BCUT2D eigenvalue weighted by atomic mass is 9.93. The molecule has 0 bridgehead atoms. The topological polar surface area (TPSA) is 58.4 Å². The number of carbonyl (C=O) groups is 1. The molecule has 3 N–H and O–H groups in total. The Bertz CT molecular complexity index is 253. The smallest absolute Gasteiger partial charge is 0.254 e. The zero-order chi connectivity index (χ0) is 13.1. The van der Waals surface area contributed by atoms with Crippen LogP contribution >= 0.6 is 0 Å². The molecule has 0 aromatic rings. The van der Waals surface area contributed by atoms with E-state index in [1.807, 2.05) is 13.8 Å². The fourth-order valence-electron chi connectivity index (χ4n) is 2.44. The van der Waals surface area contributed by atoms with Gasteiger partial charge in [0.15, 0.2) is 0 Å². The van der Waals surface area contributed by atoms with Crippen molar-refractivity contribution in [2.75, 3.05) is 0 Å². The first-order valence-corrected chi connectivity index (χ1v) is 6.83. The molecule has 1 aliphatic heterocycles. The Morgan fingerprint density at radius 3 is 2.18 bits per heavy atom. The van der Waals surface area contributed by atoms with Gasteiger partial charge in [-0.25, -0.2) is 5.01 Å². The van der Waals surface area contributed by atoms with Gasteiger partial charge in [-0.2, -0.15) is 0 Å². The van der Waals surface area contributed by atoms with Gasteiger partial charge in [0.2, 0.25) is 0 Å². The van der Waals surface area contributed by atoms with Crippen LogP contribution in [0.5, 0.6) is 0 Å². The van der Waals surface area contributed by atoms with Gasteiger partial charge in [-0.05, 0) is 39.5 Å². The van der Waals surface area contributed by atoms with Crippen LogP contribution in [0.2, 0.25) is 0 Å². The van der Waals surface area contributed by atoms with Crippen LogP contribution in [0.3, 0.4) is 0 Å². The quantitative estimate of drug-likeness (QED) is 0.789. The number of piperidine rings is 1. The second-order valence-corrected chi connectivity index (χ2v) is 5.34. The molecule has 4 heteroatoms. The number of nitrogens with one attached hydrogen (secondary N) is 1. The van der Waals surface area contributed by atoms with E-state index in [-0.39, 0.29) is 5.91 Å². The Morgan fingerprint density at radius 1 is 1.29 bits per heavy atom. The van der Waals surface area contributed by atoms with Crippen molar-refractivity contribution < 1.29 is 4.79 Å². The average molecular weight is 241 g/mol. The van der Waals surface area contributed by atoms with Gasteiger partial charge in [0.25, 0.3) is 5.91 Å². The lowest BCUT2D eigenvalue weighted by Crippen LogP contribution is -2.62. The van der Waals surface area contributed by atoms with Crippen molar-refractivity contribution in [3.05, 3.63) is 0 Å². The zero-order valence-electron chi connectivity index (χ0n) is 11.6. The minimum atomic E-state index is -0.725. The third-order valence-corrected chi connectivity index (χ3v) is 4.14. The molecular weight excluding hydrogens is 214 g/mol. The van der Waals surface area contributed by atoms with E-state index in [1.54, 1.807) is 0 Å². The van der Waals surface area contributed by atoms with E-state index in [0.29, 0.717) is 24.9 Å². The summed E-state index contributed by atoms with van der Waals surface area (Å²) in [7, 11) is 0. The molecule has 1 aliphatic rings. The number of hydrazine groups is 1. The van der Waals surface area contributed by atoms with Crippen molar-refractivity contribution in [2.24, 2.45) is 5.73 Å². The lowest BCUT2D eigenvalue weighted by molar-refractivity contribution is -0.135. The van der Waals surface area contributed by atoms with Crippen LogP contribution in [0, 0.1) is 0 Å². The standard InChI is InChI=1S/C13H27N3O/c1-5-13(14,6-2)12(17)15-16-10(3)8-7-9-11(16)4/h10-11H,5-9,14H2,1-4H3,(H,15,17). The van der Waals surface area contributed by atoms with Crippen molar-refractivity contribution in [3.8, 4) is 0 Å². The van der Waals surface area contributed by atoms with Crippen LogP contribution in [-0.4, -0.2) is 28.5 Å². The van der Waals surface area contributed by atoms with Crippen LogP contribution in [0.4, 0.5) is 0 Å². The third-order valence-electron chi connectivity index (χ3n) is 4.14. The molecular formula is C13H27N3O. The predicted octanol–water partition coefficient (Wildman–Crippen LogP) is 1.80. The maximum atomic E-state index is 12.2. The molecule has 0 aromatic heterocycles. The molecule has 1 fully saturated rings. The van der Waals surface area contributed by atoms with Gasteiger partial charge in [0.05, 0.1) is 5.54 Å². The van der Waals surface area contributed by atoms with Crippen molar-refractivity contribution in [1.29, 1.82) is 0 Å². The summed E-state index contributed by atoms with van der Waals surface area (Å²) in [5, 5.41) is 2.08.